The number of anilines is 1. The molecule has 9 heteroatoms. The molecule has 0 bridgehead atoms. The number of benzene rings is 1. The predicted octanol–water partition coefficient (Wildman–Crippen LogP) is 1.88. The summed E-state index contributed by atoms with van der Waals surface area (Å²) in [5, 5.41) is 2.43. The Morgan fingerprint density at radius 3 is 2.42 bits per heavy atom. The van der Waals surface area contributed by atoms with Crippen molar-refractivity contribution >= 4 is 17.6 Å². The smallest absolute Gasteiger partial charge is 0.384 e. The average Bonchev–Trinajstić information content (AvgIpc) is 2.53. The number of amides is 2. The van der Waals surface area contributed by atoms with E-state index in [1.54, 1.807) is 13.0 Å². The standard InChI is InChI=1S/C17H17F3N4O2/c1-9-10(6-7-13(21)24-9)8-23-16(26)14(15(22)25)11-4-2-3-5-12(11)17(18,19)20/h2-7,14H,8H2,1H3,(H2,21,24)(H2,22,25)(H,23,26)/t14-/m0/s1. The molecule has 0 saturated carbocycles. The van der Waals surface area contributed by atoms with E-state index in [9.17, 15) is 22.8 Å². The summed E-state index contributed by atoms with van der Waals surface area (Å²) in [7, 11) is 0. The number of nitrogens with one attached hydrogen (secondary N) is 1. The van der Waals surface area contributed by atoms with E-state index in [0.29, 0.717) is 17.1 Å². The number of aryl methyl sites for hydroxylation is 1. The molecule has 1 aromatic heterocycles. The summed E-state index contributed by atoms with van der Waals surface area (Å²) < 4.78 is 39.5. The van der Waals surface area contributed by atoms with Crippen molar-refractivity contribution in [3.05, 3.63) is 58.8 Å². The van der Waals surface area contributed by atoms with Crippen LogP contribution in [0, 0.1) is 6.92 Å². The number of pyridine rings is 1. The van der Waals surface area contributed by atoms with Gasteiger partial charge >= 0.3 is 6.18 Å². The van der Waals surface area contributed by atoms with Crippen molar-refractivity contribution in [1.82, 2.24) is 10.3 Å². The molecular weight excluding hydrogens is 349 g/mol. The summed E-state index contributed by atoms with van der Waals surface area (Å²) in [6, 6.07) is 7.49. The van der Waals surface area contributed by atoms with Crippen molar-refractivity contribution < 1.29 is 22.8 Å². The lowest BCUT2D eigenvalue weighted by Crippen LogP contribution is -2.38. The highest BCUT2D eigenvalue weighted by atomic mass is 19.4. The Balaban J connectivity index is 2.28. The Morgan fingerprint density at radius 1 is 1.19 bits per heavy atom. The molecular formula is C17H17F3N4O2. The topological polar surface area (TPSA) is 111 Å². The minimum atomic E-state index is -4.72. The lowest BCUT2D eigenvalue weighted by molar-refractivity contribution is -0.139. The highest BCUT2D eigenvalue weighted by molar-refractivity contribution is 6.05. The van der Waals surface area contributed by atoms with Crippen molar-refractivity contribution in [3.8, 4) is 0 Å². The van der Waals surface area contributed by atoms with E-state index in [1.807, 2.05) is 0 Å². The second-order valence-electron chi connectivity index (χ2n) is 5.62. The van der Waals surface area contributed by atoms with E-state index in [1.165, 1.54) is 18.2 Å². The Labute approximate surface area is 147 Å². The number of rotatable bonds is 5. The molecule has 0 aliphatic heterocycles. The third-order valence-electron chi connectivity index (χ3n) is 3.79. The number of primary amides is 1. The maximum atomic E-state index is 13.2. The lowest BCUT2D eigenvalue weighted by Gasteiger charge is -2.19. The number of carbonyl (C=O) groups excluding carboxylic acids is 2. The van der Waals surface area contributed by atoms with Gasteiger partial charge in [0.25, 0.3) is 0 Å². The molecule has 0 unspecified atom stereocenters. The van der Waals surface area contributed by atoms with Gasteiger partial charge in [0.15, 0.2) is 0 Å². The van der Waals surface area contributed by atoms with Crippen LogP contribution in [0.2, 0.25) is 0 Å². The summed E-state index contributed by atoms with van der Waals surface area (Å²) in [5.41, 5.74) is 10.3. The molecule has 2 rings (SSSR count). The van der Waals surface area contributed by atoms with Crippen molar-refractivity contribution in [2.75, 3.05) is 5.73 Å². The van der Waals surface area contributed by atoms with Crippen molar-refractivity contribution in [3.63, 3.8) is 0 Å². The molecule has 2 aromatic rings. The highest BCUT2D eigenvalue weighted by Gasteiger charge is 2.38. The fourth-order valence-electron chi connectivity index (χ4n) is 2.51. The van der Waals surface area contributed by atoms with Crippen LogP contribution in [-0.4, -0.2) is 16.8 Å². The van der Waals surface area contributed by atoms with E-state index in [0.717, 1.165) is 12.1 Å². The third kappa shape index (κ3) is 4.29. The first-order valence-corrected chi connectivity index (χ1v) is 7.56. The fourth-order valence-corrected chi connectivity index (χ4v) is 2.51. The molecule has 1 heterocycles. The van der Waals surface area contributed by atoms with Gasteiger partial charge in [-0.2, -0.15) is 13.2 Å². The number of hydrogen-bond acceptors (Lipinski definition) is 4. The van der Waals surface area contributed by atoms with Gasteiger partial charge in [0, 0.05) is 12.2 Å². The first-order chi connectivity index (χ1) is 12.1. The van der Waals surface area contributed by atoms with E-state index in [-0.39, 0.29) is 6.54 Å². The molecule has 5 N–H and O–H groups in total. The molecule has 0 spiro atoms. The van der Waals surface area contributed by atoms with E-state index < -0.39 is 35.0 Å². The normalized spacial score (nSPS) is 12.5. The summed E-state index contributed by atoms with van der Waals surface area (Å²) in [5.74, 6) is -3.57. The Bertz CT molecular complexity index is 837. The number of aromatic nitrogens is 1. The predicted molar refractivity (Wildman–Crippen MR) is 88.6 cm³/mol. The number of alkyl halides is 3. The van der Waals surface area contributed by atoms with Gasteiger partial charge in [-0.05, 0) is 30.2 Å². The largest absolute Gasteiger partial charge is 0.416 e. The molecule has 0 radical (unpaired) electrons. The molecule has 0 aliphatic carbocycles. The molecule has 0 saturated heterocycles. The maximum Gasteiger partial charge on any atom is 0.416 e. The van der Waals surface area contributed by atoms with Crippen LogP contribution >= 0.6 is 0 Å². The van der Waals surface area contributed by atoms with Gasteiger partial charge in [0.2, 0.25) is 11.8 Å². The van der Waals surface area contributed by atoms with Crippen LogP contribution in [0.4, 0.5) is 19.0 Å². The molecule has 1 aromatic carbocycles. The Hall–Kier alpha value is -3.10. The maximum absolute atomic E-state index is 13.2. The van der Waals surface area contributed by atoms with Gasteiger partial charge in [-0.25, -0.2) is 4.98 Å². The van der Waals surface area contributed by atoms with Crippen LogP contribution in [0.3, 0.4) is 0 Å². The zero-order chi connectivity index (χ0) is 19.5. The first-order valence-electron chi connectivity index (χ1n) is 7.56. The third-order valence-corrected chi connectivity index (χ3v) is 3.79. The van der Waals surface area contributed by atoms with Gasteiger partial charge in [-0.3, -0.25) is 9.59 Å². The summed E-state index contributed by atoms with van der Waals surface area (Å²) >= 11 is 0. The van der Waals surface area contributed by atoms with E-state index in [2.05, 4.69) is 10.3 Å². The molecule has 2 amide bonds. The number of nitrogens with zero attached hydrogens (tertiary/aromatic N) is 1. The van der Waals surface area contributed by atoms with E-state index >= 15 is 0 Å². The number of hydrogen-bond donors (Lipinski definition) is 3. The lowest BCUT2D eigenvalue weighted by atomic mass is 9.92. The Kier molecular flexibility index (Phi) is 5.49. The van der Waals surface area contributed by atoms with Crippen molar-refractivity contribution in [1.29, 1.82) is 0 Å². The summed E-state index contributed by atoms with van der Waals surface area (Å²) in [4.78, 5) is 28.1. The van der Waals surface area contributed by atoms with Crippen LogP contribution < -0.4 is 16.8 Å². The van der Waals surface area contributed by atoms with Crippen LogP contribution in [0.5, 0.6) is 0 Å². The molecule has 26 heavy (non-hydrogen) atoms. The van der Waals surface area contributed by atoms with Gasteiger partial charge < -0.3 is 16.8 Å². The zero-order valence-electron chi connectivity index (χ0n) is 13.8. The molecule has 0 fully saturated rings. The second kappa shape index (κ2) is 7.42. The molecule has 138 valence electrons. The monoisotopic (exact) mass is 366 g/mol. The minimum Gasteiger partial charge on any atom is -0.384 e. The van der Waals surface area contributed by atoms with E-state index in [4.69, 9.17) is 11.5 Å². The molecule has 1 atom stereocenters. The number of nitrogen functional groups attached to an aromatic ring is 1. The van der Waals surface area contributed by atoms with Gasteiger partial charge in [0.05, 0.1) is 5.56 Å². The van der Waals surface area contributed by atoms with Crippen molar-refractivity contribution in [2.45, 2.75) is 25.6 Å². The second-order valence-corrected chi connectivity index (χ2v) is 5.62. The van der Waals surface area contributed by atoms with Crippen LogP contribution in [-0.2, 0) is 22.3 Å². The minimum absolute atomic E-state index is 0.0318. The van der Waals surface area contributed by atoms with Crippen LogP contribution in [0.1, 0.15) is 28.3 Å². The molecule has 0 aliphatic rings. The Morgan fingerprint density at radius 2 is 1.85 bits per heavy atom. The quantitative estimate of drug-likeness (QED) is 0.702. The number of carbonyl (C=O) groups is 2. The number of halogens is 3. The van der Waals surface area contributed by atoms with Gasteiger partial charge in [0.1, 0.15) is 11.7 Å². The summed E-state index contributed by atoms with van der Waals surface area (Å²) in [6.07, 6.45) is -4.72. The first kappa shape index (κ1) is 19.2. The zero-order valence-corrected chi connectivity index (χ0v) is 13.8. The average molecular weight is 366 g/mol. The molecule has 6 nitrogen and oxygen atoms in total. The van der Waals surface area contributed by atoms with Crippen molar-refractivity contribution in [2.24, 2.45) is 5.73 Å². The van der Waals surface area contributed by atoms with Crippen LogP contribution in [0.15, 0.2) is 36.4 Å². The fraction of sp³-hybridized carbons (Fsp3) is 0.235. The van der Waals surface area contributed by atoms with Crippen LogP contribution in [0.25, 0.3) is 0 Å². The SMILES string of the molecule is Cc1nc(N)ccc1CNC(=O)[C@H](C(N)=O)c1ccccc1C(F)(F)F. The highest BCUT2D eigenvalue weighted by Crippen LogP contribution is 2.35. The number of nitrogens with two attached hydrogens (primary N) is 2. The van der Waals surface area contributed by atoms with Gasteiger partial charge in [-0.1, -0.05) is 24.3 Å². The van der Waals surface area contributed by atoms with Gasteiger partial charge in [-0.15, -0.1) is 0 Å². The summed E-state index contributed by atoms with van der Waals surface area (Å²) in [6.45, 7) is 1.64.